The first kappa shape index (κ1) is 20.8. The lowest BCUT2D eigenvalue weighted by atomic mass is 10.1. The van der Waals surface area contributed by atoms with Gasteiger partial charge in [-0.2, -0.15) is 5.01 Å². The number of nitrogens with zero attached hydrogens (tertiary/aromatic N) is 1. The van der Waals surface area contributed by atoms with E-state index in [0.29, 0.717) is 11.4 Å². The van der Waals surface area contributed by atoms with Crippen molar-refractivity contribution in [3.8, 4) is 0 Å². The first-order valence-electron chi connectivity index (χ1n) is 9.05. The Balaban J connectivity index is 2.48. The number of hydrogen-bond acceptors (Lipinski definition) is 5. The van der Waals surface area contributed by atoms with E-state index in [9.17, 15) is 9.59 Å². The monoisotopic (exact) mass is 383 g/mol. The molecule has 0 atom stereocenters. The maximum Gasteiger partial charge on any atom is 0.433 e. The van der Waals surface area contributed by atoms with Crippen molar-refractivity contribution in [3.05, 3.63) is 71.9 Å². The van der Waals surface area contributed by atoms with Crippen LogP contribution in [0.2, 0.25) is 0 Å². The average molecular weight is 383 g/mol. The molecule has 2 N–H and O–H groups in total. The van der Waals surface area contributed by atoms with Gasteiger partial charge in [-0.25, -0.2) is 15.0 Å². The lowest BCUT2D eigenvalue weighted by Crippen LogP contribution is -2.46. The number of amides is 2. The summed E-state index contributed by atoms with van der Waals surface area (Å²) in [6.45, 7) is 5.43. The number of carbonyl (C=O) groups is 2. The molecular weight excluding hydrogens is 358 g/mol. The Kier molecular flexibility index (Phi) is 7.90. The van der Waals surface area contributed by atoms with E-state index in [2.05, 4.69) is 10.7 Å². The molecule has 2 aromatic rings. The Morgan fingerprint density at radius 2 is 1.46 bits per heavy atom. The Labute approximate surface area is 164 Å². The number of para-hydroxylation sites is 1. The molecule has 2 rings (SSSR count). The van der Waals surface area contributed by atoms with Crippen molar-refractivity contribution in [1.29, 1.82) is 0 Å². The van der Waals surface area contributed by atoms with Crippen molar-refractivity contribution in [2.24, 2.45) is 0 Å². The molecule has 28 heavy (non-hydrogen) atoms. The molecule has 0 saturated heterocycles. The summed E-state index contributed by atoms with van der Waals surface area (Å²) in [6, 6.07) is 19.0. The van der Waals surface area contributed by atoms with Gasteiger partial charge in [0.15, 0.2) is 0 Å². The minimum Gasteiger partial charge on any atom is -0.449 e. The molecule has 0 heterocycles. The summed E-state index contributed by atoms with van der Waals surface area (Å²) in [7, 11) is 0. The molecule has 2 aromatic carbocycles. The van der Waals surface area contributed by atoms with Gasteiger partial charge in [0.25, 0.3) is 0 Å². The number of hydrogen-bond donors (Lipinski definition) is 2. The number of anilines is 1. The second kappa shape index (κ2) is 10.6. The minimum absolute atomic E-state index is 0.167. The van der Waals surface area contributed by atoms with Crippen LogP contribution in [-0.2, 0) is 9.47 Å². The lowest BCUT2D eigenvalue weighted by molar-refractivity contribution is 0.0879. The number of benzene rings is 2. The highest BCUT2D eigenvalue weighted by atomic mass is 16.6. The minimum atomic E-state index is -0.748. The highest BCUT2D eigenvalue weighted by molar-refractivity contribution is 5.83. The quantitative estimate of drug-likeness (QED) is 0.712. The van der Waals surface area contributed by atoms with Crippen LogP contribution in [0.25, 0.3) is 5.70 Å². The molecule has 0 radical (unpaired) electrons. The summed E-state index contributed by atoms with van der Waals surface area (Å²) in [5, 5.41) is 4.36. The summed E-state index contributed by atoms with van der Waals surface area (Å²) in [5.74, 6) is 0. The number of hydrazine groups is 1. The van der Waals surface area contributed by atoms with Crippen molar-refractivity contribution in [2.45, 2.75) is 20.8 Å². The highest BCUT2D eigenvalue weighted by Crippen LogP contribution is 2.23. The number of allylic oxidation sites excluding steroid dienone is 1. The zero-order valence-corrected chi connectivity index (χ0v) is 16.3. The molecule has 0 aromatic heterocycles. The van der Waals surface area contributed by atoms with E-state index >= 15 is 0 Å². The second-order valence-corrected chi connectivity index (χ2v) is 5.68. The van der Waals surface area contributed by atoms with Gasteiger partial charge in [-0.15, -0.1) is 0 Å². The molecule has 0 aliphatic heterocycles. The molecule has 148 valence electrons. The molecule has 0 spiro atoms. The van der Waals surface area contributed by atoms with Crippen LogP contribution in [0.1, 0.15) is 26.3 Å². The Morgan fingerprint density at radius 1 is 0.893 bits per heavy atom. The Bertz CT molecular complexity index is 807. The predicted molar refractivity (Wildman–Crippen MR) is 108 cm³/mol. The van der Waals surface area contributed by atoms with E-state index in [1.165, 1.54) is 0 Å². The standard InChI is InChI=1S/C21H25N3O4/c1-4-27-20(25)23-24(21(26)28-5-2)16(3)19(17-12-8-6-9-13-17)22-18-14-10-7-11-15-18/h6-15,22H,4-5H2,1-3H3,(H,23,25)/b19-16-. The van der Waals surface area contributed by atoms with Crippen LogP contribution in [0.5, 0.6) is 0 Å². The van der Waals surface area contributed by atoms with Crippen LogP contribution in [0.3, 0.4) is 0 Å². The van der Waals surface area contributed by atoms with E-state index in [4.69, 9.17) is 9.47 Å². The average Bonchev–Trinajstić information content (AvgIpc) is 2.71. The SMILES string of the molecule is CCOC(=O)NN(C(=O)OCC)/C(C)=C(\Nc1ccccc1)c1ccccc1. The zero-order chi connectivity index (χ0) is 20.4. The maximum absolute atomic E-state index is 12.5. The fourth-order valence-electron chi connectivity index (χ4n) is 2.46. The summed E-state index contributed by atoms with van der Waals surface area (Å²) >= 11 is 0. The van der Waals surface area contributed by atoms with Crippen LogP contribution in [-0.4, -0.2) is 30.4 Å². The largest absolute Gasteiger partial charge is 0.449 e. The van der Waals surface area contributed by atoms with Gasteiger partial charge in [-0.1, -0.05) is 48.5 Å². The van der Waals surface area contributed by atoms with Gasteiger partial charge in [0.2, 0.25) is 0 Å². The fraction of sp³-hybridized carbons (Fsp3) is 0.238. The number of ether oxygens (including phenoxy) is 2. The van der Waals surface area contributed by atoms with Gasteiger partial charge in [0, 0.05) is 5.69 Å². The summed E-state index contributed by atoms with van der Waals surface area (Å²) in [5.41, 5.74) is 5.19. The summed E-state index contributed by atoms with van der Waals surface area (Å²) in [6.07, 6.45) is -1.46. The van der Waals surface area contributed by atoms with Crippen LogP contribution in [0.4, 0.5) is 15.3 Å². The van der Waals surface area contributed by atoms with Crippen LogP contribution < -0.4 is 10.7 Å². The molecule has 7 heteroatoms. The number of rotatable bonds is 6. The van der Waals surface area contributed by atoms with Gasteiger partial charge < -0.3 is 14.8 Å². The molecule has 2 amide bonds. The molecule has 0 bridgehead atoms. The smallest absolute Gasteiger partial charge is 0.433 e. The van der Waals surface area contributed by atoms with Gasteiger partial charge in [-0.05, 0) is 38.5 Å². The topological polar surface area (TPSA) is 79.9 Å². The summed E-state index contributed by atoms with van der Waals surface area (Å²) in [4.78, 5) is 24.4. The molecule has 0 fully saturated rings. The molecule has 7 nitrogen and oxygen atoms in total. The first-order chi connectivity index (χ1) is 13.6. The molecule has 0 aliphatic rings. The van der Waals surface area contributed by atoms with E-state index in [1.54, 1.807) is 20.8 Å². The first-order valence-corrected chi connectivity index (χ1v) is 9.05. The Hall–Kier alpha value is -3.48. The third-order valence-corrected chi connectivity index (χ3v) is 3.73. The Morgan fingerprint density at radius 3 is 2.04 bits per heavy atom. The predicted octanol–water partition coefficient (Wildman–Crippen LogP) is 4.61. The van der Waals surface area contributed by atoms with Gasteiger partial charge in [-0.3, -0.25) is 0 Å². The van der Waals surface area contributed by atoms with Crippen LogP contribution in [0.15, 0.2) is 66.4 Å². The summed E-state index contributed by atoms with van der Waals surface area (Å²) < 4.78 is 10.0. The van der Waals surface area contributed by atoms with E-state index in [0.717, 1.165) is 16.3 Å². The number of nitrogens with one attached hydrogen (secondary N) is 2. The third kappa shape index (κ3) is 5.77. The van der Waals surface area contributed by atoms with Gasteiger partial charge >= 0.3 is 12.2 Å². The van der Waals surface area contributed by atoms with Crippen molar-refractivity contribution in [2.75, 3.05) is 18.5 Å². The number of carbonyl (C=O) groups excluding carboxylic acids is 2. The molecule has 0 saturated carbocycles. The molecule has 0 unspecified atom stereocenters. The van der Waals surface area contributed by atoms with Crippen molar-refractivity contribution in [3.63, 3.8) is 0 Å². The maximum atomic E-state index is 12.5. The van der Waals surface area contributed by atoms with Crippen LogP contribution in [0, 0.1) is 0 Å². The molecular formula is C21H25N3O4. The highest BCUT2D eigenvalue weighted by Gasteiger charge is 2.23. The van der Waals surface area contributed by atoms with E-state index in [1.807, 2.05) is 60.7 Å². The normalized spacial score (nSPS) is 11.1. The zero-order valence-electron chi connectivity index (χ0n) is 16.3. The van der Waals surface area contributed by atoms with Gasteiger partial charge in [0.05, 0.1) is 24.6 Å². The third-order valence-electron chi connectivity index (χ3n) is 3.73. The van der Waals surface area contributed by atoms with Crippen molar-refractivity contribution < 1.29 is 19.1 Å². The second-order valence-electron chi connectivity index (χ2n) is 5.68. The van der Waals surface area contributed by atoms with Crippen molar-refractivity contribution >= 4 is 23.6 Å². The lowest BCUT2D eigenvalue weighted by Gasteiger charge is -2.25. The van der Waals surface area contributed by atoms with Gasteiger partial charge in [0.1, 0.15) is 0 Å². The van der Waals surface area contributed by atoms with Crippen molar-refractivity contribution in [1.82, 2.24) is 10.4 Å². The fourth-order valence-corrected chi connectivity index (χ4v) is 2.46. The van der Waals surface area contributed by atoms with Crippen LogP contribution >= 0.6 is 0 Å². The molecule has 0 aliphatic carbocycles. The van der Waals surface area contributed by atoms with E-state index < -0.39 is 12.2 Å². The van der Waals surface area contributed by atoms with E-state index in [-0.39, 0.29) is 13.2 Å².